The van der Waals surface area contributed by atoms with Crippen molar-refractivity contribution >= 4 is 5.91 Å². The number of nitrogens with one attached hydrogen (secondary N) is 1. The molecular formula is C14H18N4O. The molecule has 0 aliphatic heterocycles. The van der Waals surface area contributed by atoms with Crippen molar-refractivity contribution in [1.82, 2.24) is 15.1 Å². The van der Waals surface area contributed by atoms with Crippen LogP contribution in [0.3, 0.4) is 0 Å². The minimum absolute atomic E-state index is 0.0258. The van der Waals surface area contributed by atoms with Gasteiger partial charge in [-0.05, 0) is 25.1 Å². The zero-order valence-electron chi connectivity index (χ0n) is 10.7. The highest BCUT2D eigenvalue weighted by Crippen LogP contribution is 2.07. The number of hydrogen-bond donors (Lipinski definition) is 2. The molecule has 1 aromatic carbocycles. The van der Waals surface area contributed by atoms with Gasteiger partial charge in [-0.2, -0.15) is 5.10 Å². The van der Waals surface area contributed by atoms with E-state index in [9.17, 15) is 4.79 Å². The summed E-state index contributed by atoms with van der Waals surface area (Å²) in [5.74, 6) is 0.0258. The van der Waals surface area contributed by atoms with Gasteiger partial charge in [-0.15, -0.1) is 0 Å². The molecule has 2 aromatic rings. The van der Waals surface area contributed by atoms with Crippen LogP contribution in [0, 0.1) is 0 Å². The van der Waals surface area contributed by atoms with Crippen LogP contribution in [0.2, 0.25) is 0 Å². The Bertz CT molecular complexity index is 521. The van der Waals surface area contributed by atoms with E-state index in [4.69, 9.17) is 5.73 Å². The maximum Gasteiger partial charge on any atom is 0.220 e. The topological polar surface area (TPSA) is 72.9 Å². The van der Waals surface area contributed by atoms with Crippen molar-refractivity contribution in [3.8, 4) is 5.69 Å². The van der Waals surface area contributed by atoms with E-state index in [0.717, 1.165) is 17.7 Å². The zero-order chi connectivity index (χ0) is 13.5. The molecule has 0 unspecified atom stereocenters. The predicted molar refractivity (Wildman–Crippen MR) is 73.7 cm³/mol. The molecule has 3 N–H and O–H groups in total. The Morgan fingerprint density at radius 1 is 1.32 bits per heavy atom. The number of aromatic nitrogens is 2. The van der Waals surface area contributed by atoms with Crippen molar-refractivity contribution in [1.29, 1.82) is 0 Å². The molecular weight excluding hydrogens is 240 g/mol. The van der Waals surface area contributed by atoms with Gasteiger partial charge in [-0.1, -0.05) is 18.2 Å². The monoisotopic (exact) mass is 258 g/mol. The molecule has 5 heteroatoms. The average Bonchev–Trinajstić information content (AvgIpc) is 2.93. The summed E-state index contributed by atoms with van der Waals surface area (Å²) < 4.78 is 1.79. The third kappa shape index (κ3) is 3.93. The first kappa shape index (κ1) is 13.3. The Morgan fingerprint density at radius 2 is 2.11 bits per heavy atom. The largest absolute Gasteiger partial charge is 0.352 e. The molecule has 0 aliphatic rings. The number of hydrogen-bond acceptors (Lipinski definition) is 3. The van der Waals surface area contributed by atoms with Gasteiger partial charge < -0.3 is 11.1 Å². The zero-order valence-corrected chi connectivity index (χ0v) is 10.7. The molecule has 0 saturated heterocycles. The van der Waals surface area contributed by atoms with Gasteiger partial charge in [0.2, 0.25) is 5.91 Å². The SMILES string of the molecule is NCCCC(=O)NCc1cnn(-c2ccccc2)c1. The van der Waals surface area contributed by atoms with Gasteiger partial charge in [-0.3, -0.25) is 4.79 Å². The summed E-state index contributed by atoms with van der Waals surface area (Å²) >= 11 is 0. The molecule has 5 nitrogen and oxygen atoms in total. The van der Waals surface area contributed by atoms with Crippen LogP contribution in [-0.4, -0.2) is 22.2 Å². The Labute approximate surface area is 112 Å². The average molecular weight is 258 g/mol. The van der Waals surface area contributed by atoms with Gasteiger partial charge in [-0.25, -0.2) is 4.68 Å². The van der Waals surface area contributed by atoms with E-state index in [1.165, 1.54) is 0 Å². The molecule has 0 aliphatic carbocycles. The Morgan fingerprint density at radius 3 is 2.84 bits per heavy atom. The lowest BCUT2D eigenvalue weighted by Crippen LogP contribution is -2.23. The van der Waals surface area contributed by atoms with E-state index in [2.05, 4.69) is 10.4 Å². The van der Waals surface area contributed by atoms with Crippen LogP contribution >= 0.6 is 0 Å². The lowest BCUT2D eigenvalue weighted by atomic mass is 10.3. The summed E-state index contributed by atoms with van der Waals surface area (Å²) in [4.78, 5) is 11.5. The number of rotatable bonds is 6. The highest BCUT2D eigenvalue weighted by Gasteiger charge is 2.03. The predicted octanol–water partition coefficient (Wildman–Crippen LogP) is 1.23. The first-order chi connectivity index (χ1) is 9.29. The molecule has 0 spiro atoms. The summed E-state index contributed by atoms with van der Waals surface area (Å²) in [7, 11) is 0. The van der Waals surface area contributed by atoms with Gasteiger partial charge in [0.25, 0.3) is 0 Å². The number of nitrogens with two attached hydrogens (primary N) is 1. The smallest absolute Gasteiger partial charge is 0.220 e. The second kappa shape index (κ2) is 6.70. The first-order valence-corrected chi connectivity index (χ1v) is 6.35. The molecule has 0 atom stereocenters. The van der Waals surface area contributed by atoms with Gasteiger partial charge in [0.1, 0.15) is 0 Å². The van der Waals surface area contributed by atoms with Crippen LogP contribution in [0.5, 0.6) is 0 Å². The molecule has 1 heterocycles. The first-order valence-electron chi connectivity index (χ1n) is 6.35. The van der Waals surface area contributed by atoms with E-state index < -0.39 is 0 Å². The summed E-state index contributed by atoms with van der Waals surface area (Å²) in [5, 5.41) is 7.12. The van der Waals surface area contributed by atoms with Crippen molar-refractivity contribution in [2.45, 2.75) is 19.4 Å². The number of benzene rings is 1. The quantitative estimate of drug-likeness (QED) is 0.818. The van der Waals surface area contributed by atoms with E-state index in [1.807, 2.05) is 36.5 Å². The molecule has 1 amide bonds. The number of amides is 1. The van der Waals surface area contributed by atoms with Crippen molar-refractivity contribution in [3.05, 3.63) is 48.3 Å². The minimum Gasteiger partial charge on any atom is -0.352 e. The lowest BCUT2D eigenvalue weighted by molar-refractivity contribution is -0.121. The summed E-state index contributed by atoms with van der Waals surface area (Å²) in [6.45, 7) is 1.04. The highest BCUT2D eigenvalue weighted by atomic mass is 16.1. The Balaban J connectivity index is 1.90. The standard InChI is InChI=1S/C14H18N4O/c15-8-4-7-14(19)16-9-12-10-17-18(11-12)13-5-2-1-3-6-13/h1-3,5-6,10-11H,4,7-9,15H2,(H,16,19). The molecule has 0 fully saturated rings. The molecule has 2 rings (SSSR count). The fourth-order valence-corrected chi connectivity index (χ4v) is 1.72. The molecule has 19 heavy (non-hydrogen) atoms. The number of para-hydroxylation sites is 1. The fraction of sp³-hybridized carbons (Fsp3) is 0.286. The van der Waals surface area contributed by atoms with Gasteiger partial charge in [0.15, 0.2) is 0 Å². The summed E-state index contributed by atoms with van der Waals surface area (Å²) in [5.41, 5.74) is 7.34. The summed E-state index contributed by atoms with van der Waals surface area (Å²) in [6, 6.07) is 9.86. The van der Waals surface area contributed by atoms with Crippen molar-refractivity contribution in [2.24, 2.45) is 5.73 Å². The molecule has 0 bridgehead atoms. The van der Waals surface area contributed by atoms with Crippen LogP contribution in [0.15, 0.2) is 42.7 Å². The van der Waals surface area contributed by atoms with E-state index in [-0.39, 0.29) is 5.91 Å². The second-order valence-electron chi connectivity index (χ2n) is 4.30. The minimum atomic E-state index is 0.0258. The molecule has 0 saturated carbocycles. The highest BCUT2D eigenvalue weighted by molar-refractivity contribution is 5.75. The Kier molecular flexibility index (Phi) is 4.69. The van der Waals surface area contributed by atoms with Gasteiger partial charge in [0, 0.05) is 24.7 Å². The van der Waals surface area contributed by atoms with Crippen LogP contribution in [0.4, 0.5) is 0 Å². The molecule has 100 valence electrons. The third-order valence-corrected chi connectivity index (χ3v) is 2.75. The van der Waals surface area contributed by atoms with Crippen molar-refractivity contribution in [3.63, 3.8) is 0 Å². The lowest BCUT2D eigenvalue weighted by Gasteiger charge is -2.02. The van der Waals surface area contributed by atoms with E-state index in [0.29, 0.717) is 19.5 Å². The maximum atomic E-state index is 11.5. The van der Waals surface area contributed by atoms with Crippen LogP contribution < -0.4 is 11.1 Å². The van der Waals surface area contributed by atoms with E-state index >= 15 is 0 Å². The number of carbonyl (C=O) groups excluding carboxylic acids is 1. The van der Waals surface area contributed by atoms with Crippen molar-refractivity contribution < 1.29 is 4.79 Å². The molecule has 0 radical (unpaired) electrons. The Hall–Kier alpha value is -2.14. The number of nitrogens with zero attached hydrogens (tertiary/aromatic N) is 2. The number of carbonyl (C=O) groups is 1. The second-order valence-corrected chi connectivity index (χ2v) is 4.30. The third-order valence-electron chi connectivity index (χ3n) is 2.75. The fourth-order valence-electron chi connectivity index (χ4n) is 1.72. The van der Waals surface area contributed by atoms with Crippen LogP contribution in [0.25, 0.3) is 5.69 Å². The van der Waals surface area contributed by atoms with Crippen LogP contribution in [-0.2, 0) is 11.3 Å². The van der Waals surface area contributed by atoms with E-state index in [1.54, 1.807) is 10.9 Å². The molecule has 1 aromatic heterocycles. The summed E-state index contributed by atoms with van der Waals surface area (Å²) in [6.07, 6.45) is 4.87. The normalized spacial score (nSPS) is 10.4. The maximum absolute atomic E-state index is 11.5. The van der Waals surface area contributed by atoms with Gasteiger partial charge >= 0.3 is 0 Å². The van der Waals surface area contributed by atoms with Crippen molar-refractivity contribution in [2.75, 3.05) is 6.54 Å². The van der Waals surface area contributed by atoms with Gasteiger partial charge in [0.05, 0.1) is 11.9 Å². The van der Waals surface area contributed by atoms with Crippen LogP contribution in [0.1, 0.15) is 18.4 Å².